The van der Waals surface area contributed by atoms with E-state index in [0.29, 0.717) is 24.7 Å². The second-order valence-electron chi connectivity index (χ2n) is 8.72. The normalized spacial score (nSPS) is 47.5. The van der Waals surface area contributed by atoms with Gasteiger partial charge in [0.1, 0.15) is 0 Å². The first kappa shape index (κ1) is 16.2. The van der Waals surface area contributed by atoms with Crippen molar-refractivity contribution < 1.29 is 15.0 Å². The molecule has 3 rings (SSSR count). The smallest absolute Gasteiger partial charge is 0.159 e. The highest BCUT2D eigenvalue weighted by Gasteiger charge is 2.56. The molecular formula is C19H30O3. The van der Waals surface area contributed by atoms with Crippen LogP contribution in [0, 0.1) is 28.6 Å². The Balaban J connectivity index is 2.04. The van der Waals surface area contributed by atoms with Crippen molar-refractivity contribution in [3.63, 3.8) is 0 Å². The number of aliphatic hydroxyl groups is 2. The average Bonchev–Trinajstić information content (AvgIpc) is 2.41. The van der Waals surface area contributed by atoms with Crippen LogP contribution in [0.25, 0.3) is 0 Å². The minimum absolute atomic E-state index is 0.127. The molecule has 2 fully saturated rings. The number of carbonyl (C=O) groups excluding carboxylic acids is 1. The largest absolute Gasteiger partial charge is 0.390 e. The zero-order chi connectivity index (χ0) is 16.3. The van der Waals surface area contributed by atoms with Crippen LogP contribution in [0.1, 0.15) is 59.8 Å². The second-order valence-corrected chi connectivity index (χ2v) is 8.72. The third-order valence-electron chi connectivity index (χ3n) is 7.05. The first-order chi connectivity index (χ1) is 10.2. The summed E-state index contributed by atoms with van der Waals surface area (Å²) in [6.07, 6.45) is 4.76. The van der Waals surface area contributed by atoms with E-state index in [0.717, 1.165) is 12.8 Å². The van der Waals surface area contributed by atoms with E-state index in [-0.39, 0.29) is 22.5 Å². The molecule has 2 N–H and O–H groups in total. The third-order valence-corrected chi connectivity index (χ3v) is 7.05. The molecule has 0 spiro atoms. The number of hydrogen-bond donors (Lipinski definition) is 2. The molecule has 22 heavy (non-hydrogen) atoms. The topological polar surface area (TPSA) is 57.5 Å². The summed E-state index contributed by atoms with van der Waals surface area (Å²) in [7, 11) is 0. The molecule has 0 saturated heterocycles. The van der Waals surface area contributed by atoms with E-state index in [1.165, 1.54) is 12.0 Å². The summed E-state index contributed by atoms with van der Waals surface area (Å²) < 4.78 is 0. The van der Waals surface area contributed by atoms with Crippen LogP contribution in [0.4, 0.5) is 0 Å². The zero-order valence-corrected chi connectivity index (χ0v) is 14.3. The van der Waals surface area contributed by atoms with E-state index in [4.69, 9.17) is 0 Å². The quantitative estimate of drug-likeness (QED) is 0.782. The van der Waals surface area contributed by atoms with Gasteiger partial charge < -0.3 is 10.2 Å². The molecule has 0 radical (unpaired) electrons. The Bertz CT molecular complexity index is 507. The Morgan fingerprint density at radius 2 is 1.86 bits per heavy atom. The Labute approximate surface area is 133 Å². The predicted molar refractivity (Wildman–Crippen MR) is 86.2 cm³/mol. The zero-order valence-electron chi connectivity index (χ0n) is 14.3. The molecule has 6 atom stereocenters. The van der Waals surface area contributed by atoms with Crippen LogP contribution in [-0.2, 0) is 4.79 Å². The average molecular weight is 306 g/mol. The van der Waals surface area contributed by atoms with Crippen molar-refractivity contribution in [2.75, 3.05) is 0 Å². The van der Waals surface area contributed by atoms with Crippen molar-refractivity contribution in [3.05, 3.63) is 11.6 Å². The van der Waals surface area contributed by atoms with Gasteiger partial charge in [0.25, 0.3) is 0 Å². The molecule has 0 amide bonds. The molecule has 124 valence electrons. The van der Waals surface area contributed by atoms with Crippen molar-refractivity contribution in [2.24, 2.45) is 28.6 Å². The molecule has 0 heterocycles. The van der Waals surface area contributed by atoms with Crippen molar-refractivity contribution in [2.45, 2.75) is 72.0 Å². The van der Waals surface area contributed by atoms with Crippen molar-refractivity contribution in [1.82, 2.24) is 0 Å². The third kappa shape index (κ3) is 2.20. The molecule has 0 bridgehead atoms. The van der Waals surface area contributed by atoms with Gasteiger partial charge in [0.15, 0.2) is 5.78 Å². The van der Waals surface area contributed by atoms with E-state index < -0.39 is 12.2 Å². The molecule has 2 saturated carbocycles. The first-order valence-corrected chi connectivity index (χ1v) is 8.82. The second kappa shape index (κ2) is 5.17. The van der Waals surface area contributed by atoms with Gasteiger partial charge in [-0.25, -0.2) is 0 Å². The molecule has 3 nitrogen and oxygen atoms in total. The van der Waals surface area contributed by atoms with Crippen LogP contribution in [0.3, 0.4) is 0 Å². The lowest BCUT2D eigenvalue weighted by Crippen LogP contribution is -2.55. The molecule has 3 aliphatic rings. The lowest BCUT2D eigenvalue weighted by atomic mass is 9.47. The van der Waals surface area contributed by atoms with E-state index in [1.807, 2.05) is 6.08 Å². The van der Waals surface area contributed by atoms with E-state index >= 15 is 0 Å². The van der Waals surface area contributed by atoms with E-state index in [9.17, 15) is 15.0 Å². The number of allylic oxidation sites excluding steroid dienone is 2. The van der Waals surface area contributed by atoms with E-state index in [1.54, 1.807) is 0 Å². The first-order valence-electron chi connectivity index (χ1n) is 8.82. The number of aliphatic hydroxyl groups excluding tert-OH is 2. The molecule has 0 aliphatic heterocycles. The van der Waals surface area contributed by atoms with Gasteiger partial charge in [0.05, 0.1) is 12.2 Å². The van der Waals surface area contributed by atoms with Crippen molar-refractivity contribution in [1.29, 1.82) is 0 Å². The monoisotopic (exact) mass is 306 g/mol. The van der Waals surface area contributed by atoms with Gasteiger partial charge in [-0.05, 0) is 60.8 Å². The maximum Gasteiger partial charge on any atom is 0.159 e. The van der Waals surface area contributed by atoms with Crippen molar-refractivity contribution in [3.8, 4) is 0 Å². The maximum absolute atomic E-state index is 12.7. The van der Waals surface area contributed by atoms with E-state index in [2.05, 4.69) is 27.7 Å². The summed E-state index contributed by atoms with van der Waals surface area (Å²) in [5.74, 6) is 0.890. The highest BCUT2D eigenvalue weighted by atomic mass is 16.3. The Hall–Kier alpha value is -0.670. The number of ketones is 1. The summed E-state index contributed by atoms with van der Waals surface area (Å²) in [5, 5.41) is 20.2. The van der Waals surface area contributed by atoms with Crippen LogP contribution < -0.4 is 0 Å². The van der Waals surface area contributed by atoms with Crippen LogP contribution in [-0.4, -0.2) is 28.2 Å². The number of rotatable bonds is 1. The summed E-state index contributed by atoms with van der Waals surface area (Å²) in [5.41, 5.74) is 1.38. The van der Waals surface area contributed by atoms with Gasteiger partial charge in [-0.15, -0.1) is 0 Å². The lowest BCUT2D eigenvalue weighted by Gasteiger charge is -2.57. The molecule has 6 unspecified atom stereocenters. The standard InChI is InChI=1S/C19H30O3/c1-5-12-11-8-15(20)14-9-16(21)17(22)10-19(14,4)13(11)6-7-18(12,2)3/h8,12-14,16-17,21-22H,5-7,9-10H2,1-4H3. The Kier molecular flexibility index (Phi) is 3.81. The van der Waals surface area contributed by atoms with Crippen LogP contribution >= 0.6 is 0 Å². The van der Waals surface area contributed by atoms with Gasteiger partial charge in [-0.3, -0.25) is 4.79 Å². The maximum atomic E-state index is 12.7. The Morgan fingerprint density at radius 1 is 1.18 bits per heavy atom. The predicted octanol–water partition coefficient (Wildman–Crippen LogP) is 3.10. The van der Waals surface area contributed by atoms with Crippen LogP contribution in [0.15, 0.2) is 11.6 Å². The molecule has 3 aliphatic carbocycles. The summed E-state index contributed by atoms with van der Waals surface area (Å²) in [6.45, 7) is 9.02. The fourth-order valence-electron chi connectivity index (χ4n) is 5.74. The number of fused-ring (bicyclic) bond motifs is 3. The fourth-order valence-corrected chi connectivity index (χ4v) is 5.74. The van der Waals surface area contributed by atoms with Gasteiger partial charge in [0, 0.05) is 5.92 Å². The molecule has 0 aromatic carbocycles. The Morgan fingerprint density at radius 3 is 2.50 bits per heavy atom. The van der Waals surface area contributed by atoms with Gasteiger partial charge >= 0.3 is 0 Å². The molecule has 0 aromatic heterocycles. The number of hydrogen-bond acceptors (Lipinski definition) is 3. The minimum Gasteiger partial charge on any atom is -0.390 e. The van der Waals surface area contributed by atoms with Gasteiger partial charge in [0.2, 0.25) is 0 Å². The fraction of sp³-hybridized carbons (Fsp3) is 0.842. The molecule has 3 heteroatoms. The van der Waals surface area contributed by atoms with Crippen LogP contribution in [0.5, 0.6) is 0 Å². The highest BCUT2D eigenvalue weighted by Crippen LogP contribution is 2.60. The SMILES string of the molecule is CCC1C2=CC(=O)C3CC(O)C(O)CC3(C)C2CCC1(C)C. The summed E-state index contributed by atoms with van der Waals surface area (Å²) >= 11 is 0. The lowest BCUT2D eigenvalue weighted by molar-refractivity contribution is -0.142. The van der Waals surface area contributed by atoms with Crippen molar-refractivity contribution >= 4 is 5.78 Å². The molecule has 0 aromatic rings. The van der Waals surface area contributed by atoms with Crippen LogP contribution in [0.2, 0.25) is 0 Å². The number of carbonyl (C=O) groups is 1. The van der Waals surface area contributed by atoms with Gasteiger partial charge in [-0.2, -0.15) is 0 Å². The van der Waals surface area contributed by atoms with Gasteiger partial charge in [-0.1, -0.05) is 33.3 Å². The summed E-state index contributed by atoms with van der Waals surface area (Å²) in [4.78, 5) is 12.7. The minimum atomic E-state index is -0.751. The highest BCUT2D eigenvalue weighted by molar-refractivity contribution is 5.94. The summed E-state index contributed by atoms with van der Waals surface area (Å²) in [6, 6.07) is 0. The molecular weight excluding hydrogens is 276 g/mol.